The maximum atomic E-state index is 3.67. The molecule has 0 aromatic carbocycles. The molecule has 5 heavy (non-hydrogen) atoms. The summed E-state index contributed by atoms with van der Waals surface area (Å²) in [7, 11) is 0. The van der Waals surface area contributed by atoms with Crippen molar-refractivity contribution in [2.24, 2.45) is 0 Å². The molecule has 2 nitrogen and oxygen atoms in total. The minimum absolute atomic E-state index is 1.62. The Morgan fingerprint density at radius 3 is 2.80 bits per heavy atom. The van der Waals surface area contributed by atoms with E-state index in [2.05, 4.69) is 9.97 Å². The maximum Gasteiger partial charge on any atom is 0.0919 e. The third-order valence-electron chi connectivity index (χ3n) is 0.406. The molecule has 0 aliphatic heterocycles. The van der Waals surface area contributed by atoms with E-state index in [0.717, 1.165) is 0 Å². The van der Waals surface area contributed by atoms with Gasteiger partial charge in [-0.05, 0) is 0 Å². The van der Waals surface area contributed by atoms with E-state index >= 15 is 0 Å². The Morgan fingerprint density at radius 2 is 2.60 bits per heavy atom. The van der Waals surface area contributed by atoms with E-state index in [1.165, 1.54) is 0 Å². The molecule has 0 aliphatic carbocycles. The van der Waals surface area contributed by atoms with Crippen molar-refractivity contribution in [3.63, 3.8) is 0 Å². The molecule has 0 amide bonds. The van der Waals surface area contributed by atoms with Gasteiger partial charge in [0.15, 0.2) is 0 Å². The highest BCUT2D eigenvalue weighted by Gasteiger charge is 1.56. The zero-order valence-corrected chi connectivity index (χ0v) is 2.68. The van der Waals surface area contributed by atoms with Crippen LogP contribution in [-0.4, -0.2) is 9.97 Å². The van der Waals surface area contributed by atoms with Crippen molar-refractivity contribution in [3.8, 4) is 0 Å². The van der Waals surface area contributed by atoms with Gasteiger partial charge in [0.1, 0.15) is 0 Å². The Balaban J connectivity index is 3.13. The van der Waals surface area contributed by atoms with Crippen molar-refractivity contribution in [3.05, 3.63) is 18.7 Å². The summed E-state index contributed by atoms with van der Waals surface area (Å²) < 4.78 is 0. The molecule has 0 saturated carbocycles. The Kier molecular flexibility index (Phi) is 0.433. The van der Waals surface area contributed by atoms with E-state index < -0.39 is 0 Å². The molecule has 0 fully saturated rings. The summed E-state index contributed by atoms with van der Waals surface area (Å²) in [5, 5.41) is 0. The lowest BCUT2D eigenvalue weighted by Crippen LogP contribution is -1.44. The average molecular weight is 69.1 g/mol. The molecular formula is C3H4N2. The average Bonchev–Trinajstić information content (AvgIpc) is 1.76. The fraction of sp³-hybridized carbons (Fsp3) is 0. The molecule has 26 valence electrons. The van der Waals surface area contributed by atoms with Crippen LogP contribution in [0.4, 0.5) is 0 Å². The van der Waals surface area contributed by atoms with Crippen LogP contribution in [0.25, 0.3) is 0 Å². The van der Waals surface area contributed by atoms with Crippen LogP contribution in [0.15, 0.2) is 18.7 Å². The quantitative estimate of drug-likeness (QED) is 0.469. The topological polar surface area (TPSA) is 28.7 Å². The summed E-state index contributed by atoms with van der Waals surface area (Å²) in [6.45, 7) is 0. The van der Waals surface area contributed by atoms with Crippen LogP contribution in [0.1, 0.15) is 0 Å². The lowest BCUT2D eigenvalue weighted by Gasteiger charge is -1.46. The first-order chi connectivity index (χ1) is 2.50. The van der Waals surface area contributed by atoms with Gasteiger partial charge in [-0.15, -0.1) is 0 Å². The minimum Gasteiger partial charge on any atom is -0.351 e. The number of hydrogen-bond acceptors (Lipinski definition) is 1. The number of imidazole rings is 1. The Bertz CT molecular complexity index is 61.4. The molecule has 1 N–H and O–H groups in total. The van der Waals surface area contributed by atoms with Gasteiger partial charge in [0.2, 0.25) is 0 Å². The number of nitrogens with zero attached hydrogens (tertiary/aromatic N) is 1. The van der Waals surface area contributed by atoms with Crippen LogP contribution in [0.2, 0.25) is 0 Å². The highest BCUT2D eigenvalue weighted by molar-refractivity contribution is 4.64. The molecule has 1 rings (SSSR count). The first kappa shape index (κ1) is 2.45. The third-order valence-corrected chi connectivity index (χ3v) is 0.406. The van der Waals surface area contributed by atoms with Crippen LogP contribution >= 0.6 is 0 Å². The minimum atomic E-state index is 1.62. The van der Waals surface area contributed by atoms with Gasteiger partial charge >= 0.3 is 0 Å². The molecule has 0 unspecified atom stereocenters. The predicted molar refractivity (Wildman–Crippen MR) is 18.6 cm³/mol. The lowest BCUT2D eigenvalue weighted by molar-refractivity contribution is 1.31. The summed E-state index contributed by atoms with van der Waals surface area (Å²) in [4.78, 5) is 6.42. The van der Waals surface area contributed by atoms with Crippen molar-refractivity contribution in [2.45, 2.75) is 0 Å². The molecule has 0 aliphatic rings. The zero-order valence-electron chi connectivity index (χ0n) is 2.68. The number of hydrogen-bond donors (Lipinski definition) is 1. The van der Waals surface area contributed by atoms with Crippen molar-refractivity contribution in [1.82, 2.24) is 9.97 Å². The second kappa shape index (κ2) is 0.885. The van der Waals surface area contributed by atoms with Crippen LogP contribution in [0.5, 0.6) is 0 Å². The van der Waals surface area contributed by atoms with Gasteiger partial charge in [0.05, 0.1) is 6.33 Å². The van der Waals surface area contributed by atoms with Gasteiger partial charge < -0.3 is 4.98 Å². The largest absolute Gasteiger partial charge is 0.351 e. The highest BCUT2D eigenvalue weighted by atomic mass is 15.5. The van der Waals surface area contributed by atoms with E-state index in [0.29, 0.717) is 0 Å². The van der Waals surface area contributed by atoms with E-state index in [9.17, 15) is 0 Å². The van der Waals surface area contributed by atoms with Crippen molar-refractivity contribution in [2.75, 3.05) is 0 Å². The zero-order chi connectivity index (χ0) is 3.54. The van der Waals surface area contributed by atoms with Gasteiger partial charge in [0, 0.05) is 12.4 Å². The Morgan fingerprint density at radius 1 is 1.60 bits per heavy atom. The molecule has 0 saturated heterocycles. The summed E-state index contributed by atoms with van der Waals surface area (Å²) in [5.74, 6) is 0. The number of aromatic nitrogens is 2. The summed E-state index contributed by atoms with van der Waals surface area (Å²) in [5.41, 5.74) is 0. The lowest BCUT2D eigenvalue weighted by atomic mass is 11.0. The Labute approximate surface area is 29.9 Å². The number of rotatable bonds is 0. The van der Waals surface area contributed by atoms with Crippen molar-refractivity contribution >= 4 is 0 Å². The van der Waals surface area contributed by atoms with Gasteiger partial charge in [-0.2, -0.15) is 0 Å². The number of nitrogens with one attached hydrogen (secondary N) is 1. The molecule has 0 spiro atoms. The third kappa shape index (κ3) is 0.265. The van der Waals surface area contributed by atoms with E-state index in [1.807, 2.05) is 0 Å². The number of H-pyrrole nitrogens is 1. The van der Waals surface area contributed by atoms with Crippen LogP contribution in [0.3, 0.4) is 0 Å². The second-order valence-electron chi connectivity index (χ2n) is 0.761. The molecule has 0 radical (unpaired) electrons. The standard InChI is InChI=1S/C3H4N2/c1-2-5-3-4-1/h1-3H,(H,4,5)/i4+1. The smallest absolute Gasteiger partial charge is 0.0919 e. The van der Waals surface area contributed by atoms with Gasteiger partial charge in [-0.3, -0.25) is 0 Å². The van der Waals surface area contributed by atoms with Crippen molar-refractivity contribution < 1.29 is 0 Å². The first-order valence-corrected chi connectivity index (χ1v) is 1.43. The van der Waals surface area contributed by atoms with Gasteiger partial charge in [-0.1, -0.05) is 0 Å². The second-order valence-corrected chi connectivity index (χ2v) is 0.761. The molecule has 1 heterocycles. The van der Waals surface area contributed by atoms with Gasteiger partial charge in [-0.25, -0.2) is 4.98 Å². The SMILES string of the molecule is c1c[15nH]cn1. The maximum absolute atomic E-state index is 3.67. The highest BCUT2D eigenvalue weighted by Crippen LogP contribution is 1.62. The van der Waals surface area contributed by atoms with E-state index in [1.54, 1.807) is 18.7 Å². The molecule has 2 heteroatoms. The van der Waals surface area contributed by atoms with Gasteiger partial charge in [0.25, 0.3) is 0 Å². The molecule has 0 atom stereocenters. The first-order valence-electron chi connectivity index (χ1n) is 1.43. The molecule has 1 aromatic rings. The predicted octanol–water partition coefficient (Wildman–Crippen LogP) is 0.410. The molecule has 0 bridgehead atoms. The summed E-state index contributed by atoms with van der Waals surface area (Å²) in [6, 6.07) is 0. The monoisotopic (exact) mass is 69.0 g/mol. The van der Waals surface area contributed by atoms with Crippen LogP contribution in [-0.2, 0) is 0 Å². The molecule has 1 aromatic heterocycles. The van der Waals surface area contributed by atoms with E-state index in [4.69, 9.17) is 0 Å². The fourth-order valence-electron chi connectivity index (χ4n) is 0.215. The van der Waals surface area contributed by atoms with Crippen LogP contribution < -0.4 is 0 Å². The van der Waals surface area contributed by atoms with Crippen LogP contribution in [0, 0.1) is 0 Å². The van der Waals surface area contributed by atoms with E-state index in [-0.39, 0.29) is 0 Å². The Hall–Kier alpha value is -0.790. The molecular weight excluding hydrogens is 65.0 g/mol. The summed E-state index contributed by atoms with van der Waals surface area (Å²) >= 11 is 0. The van der Waals surface area contributed by atoms with Crippen molar-refractivity contribution in [1.29, 1.82) is 0 Å². The number of aromatic amines is 1. The summed E-state index contributed by atoms with van der Waals surface area (Å²) in [6.07, 6.45) is 5.08. The normalized spacial score (nSPS) is 8.00. The fourth-order valence-corrected chi connectivity index (χ4v) is 0.215.